The van der Waals surface area contributed by atoms with Crippen LogP contribution in [0.2, 0.25) is 0 Å². The number of ketones is 1. The summed E-state index contributed by atoms with van der Waals surface area (Å²) in [6.07, 6.45) is 2.22. The summed E-state index contributed by atoms with van der Waals surface area (Å²) in [5, 5.41) is 0. The maximum Gasteiger partial charge on any atom is 0.215 e. The number of carbonyl (C=O) groups excluding carboxylic acids is 1. The topological polar surface area (TPSA) is 33.5 Å². The number of hydrogen-bond donors (Lipinski definition) is 0. The fraction of sp³-hybridized carbons (Fsp3) is 0.267. The molecule has 18 heavy (non-hydrogen) atoms. The van der Waals surface area contributed by atoms with Crippen molar-refractivity contribution in [1.29, 1.82) is 0 Å². The average Bonchev–Trinajstić information content (AvgIpc) is 2.90. The van der Waals surface area contributed by atoms with Gasteiger partial charge < -0.3 is 4.42 Å². The molecule has 0 spiro atoms. The van der Waals surface area contributed by atoms with E-state index in [2.05, 4.69) is 0 Å². The van der Waals surface area contributed by atoms with E-state index in [1.54, 1.807) is 12.1 Å². The smallest absolute Gasteiger partial charge is 0.215 e. The highest BCUT2D eigenvalue weighted by molar-refractivity contribution is 5.97. The van der Waals surface area contributed by atoms with Gasteiger partial charge in [0.05, 0.1) is 12.3 Å². The fourth-order valence-corrected chi connectivity index (χ4v) is 1.93. The van der Waals surface area contributed by atoms with Gasteiger partial charge in [0.1, 0.15) is 0 Å². The summed E-state index contributed by atoms with van der Waals surface area (Å²) in [5.41, 5.74) is 1.15. The Hall–Kier alpha value is -1.87. The summed E-state index contributed by atoms with van der Waals surface area (Å²) in [6.45, 7) is 0. The second-order valence-corrected chi connectivity index (χ2v) is 4.51. The van der Waals surface area contributed by atoms with Gasteiger partial charge >= 0.3 is 0 Å². The molecule has 0 N–H and O–H groups in total. The minimum absolute atomic E-state index is 0.0221. The van der Waals surface area contributed by atoms with Crippen molar-refractivity contribution in [2.24, 2.45) is 0 Å². The first-order valence-corrected chi connectivity index (χ1v) is 5.96. The van der Waals surface area contributed by atoms with E-state index >= 15 is 0 Å². The normalized spacial score (nSPS) is 12.6. The third-order valence-corrected chi connectivity index (χ3v) is 2.96. The van der Waals surface area contributed by atoms with Crippen molar-refractivity contribution in [2.45, 2.75) is 12.5 Å². The molecule has 0 amide bonds. The van der Waals surface area contributed by atoms with Crippen LogP contribution in [0.4, 0.5) is 0 Å². The van der Waals surface area contributed by atoms with E-state index < -0.39 is 0 Å². The number of nitrogens with zero attached hydrogens (tertiary/aromatic N) is 1. The highest BCUT2D eigenvalue weighted by Crippen LogP contribution is 2.13. The van der Waals surface area contributed by atoms with Crippen molar-refractivity contribution >= 4 is 5.78 Å². The van der Waals surface area contributed by atoms with Crippen LogP contribution in [-0.4, -0.2) is 30.8 Å². The molecular formula is C15H17NO2. The lowest BCUT2D eigenvalue weighted by Crippen LogP contribution is -2.37. The van der Waals surface area contributed by atoms with Crippen molar-refractivity contribution in [2.75, 3.05) is 14.1 Å². The van der Waals surface area contributed by atoms with Crippen LogP contribution in [0.3, 0.4) is 0 Å². The lowest BCUT2D eigenvalue weighted by molar-refractivity contribution is 0.0846. The van der Waals surface area contributed by atoms with Gasteiger partial charge in [0.2, 0.25) is 5.78 Å². The van der Waals surface area contributed by atoms with Crippen molar-refractivity contribution < 1.29 is 9.21 Å². The van der Waals surface area contributed by atoms with Crippen molar-refractivity contribution in [3.63, 3.8) is 0 Å². The Bertz CT molecular complexity index is 488. The van der Waals surface area contributed by atoms with Gasteiger partial charge in [0.15, 0.2) is 5.76 Å². The minimum Gasteiger partial charge on any atom is -0.461 e. The molecular weight excluding hydrogens is 226 g/mol. The molecule has 0 saturated carbocycles. The van der Waals surface area contributed by atoms with E-state index in [1.807, 2.05) is 49.3 Å². The van der Waals surface area contributed by atoms with Crippen LogP contribution < -0.4 is 0 Å². The number of carbonyl (C=O) groups is 1. The molecule has 0 aliphatic carbocycles. The van der Waals surface area contributed by atoms with Gasteiger partial charge in [0.25, 0.3) is 0 Å². The molecule has 0 unspecified atom stereocenters. The fourth-order valence-electron chi connectivity index (χ4n) is 1.93. The Morgan fingerprint density at radius 1 is 1.17 bits per heavy atom. The number of furan rings is 1. The van der Waals surface area contributed by atoms with Crippen LogP contribution in [0.25, 0.3) is 0 Å². The molecule has 2 aromatic rings. The SMILES string of the molecule is CN(C)[C@@H](Cc1ccccc1)C(=O)c1ccco1. The number of Topliss-reactive ketones (excluding diaryl/α,β-unsaturated/α-hetero) is 1. The maximum atomic E-state index is 12.3. The van der Waals surface area contributed by atoms with E-state index in [4.69, 9.17) is 4.42 Å². The molecule has 0 radical (unpaired) electrons. The van der Waals surface area contributed by atoms with Crippen LogP contribution in [0.1, 0.15) is 16.1 Å². The Balaban J connectivity index is 2.17. The molecule has 3 heteroatoms. The monoisotopic (exact) mass is 243 g/mol. The van der Waals surface area contributed by atoms with E-state index in [9.17, 15) is 4.79 Å². The lowest BCUT2D eigenvalue weighted by Gasteiger charge is -2.22. The molecule has 0 fully saturated rings. The second kappa shape index (κ2) is 5.65. The highest BCUT2D eigenvalue weighted by atomic mass is 16.3. The van der Waals surface area contributed by atoms with E-state index in [0.717, 1.165) is 5.56 Å². The van der Waals surface area contributed by atoms with Crippen LogP contribution in [0.15, 0.2) is 53.1 Å². The Morgan fingerprint density at radius 2 is 1.89 bits per heavy atom. The molecule has 1 heterocycles. The number of likely N-dealkylation sites (N-methyl/N-ethyl adjacent to an activating group) is 1. The highest BCUT2D eigenvalue weighted by Gasteiger charge is 2.24. The molecule has 0 aliphatic rings. The predicted octanol–water partition coefficient (Wildman–Crippen LogP) is 2.64. The Morgan fingerprint density at radius 3 is 2.44 bits per heavy atom. The summed E-state index contributed by atoms with van der Waals surface area (Å²) in [6, 6.07) is 13.3. The van der Waals surface area contributed by atoms with Crippen LogP contribution >= 0.6 is 0 Å². The number of hydrogen-bond acceptors (Lipinski definition) is 3. The van der Waals surface area contributed by atoms with Gasteiger partial charge in [-0.15, -0.1) is 0 Å². The third kappa shape index (κ3) is 2.87. The molecule has 0 bridgehead atoms. The zero-order chi connectivity index (χ0) is 13.0. The molecule has 3 nitrogen and oxygen atoms in total. The zero-order valence-electron chi connectivity index (χ0n) is 10.7. The first-order valence-electron chi connectivity index (χ1n) is 5.96. The van der Waals surface area contributed by atoms with Crippen LogP contribution in [-0.2, 0) is 6.42 Å². The first-order chi connectivity index (χ1) is 8.68. The Labute approximate surface area is 107 Å². The summed E-state index contributed by atoms with van der Waals surface area (Å²) < 4.78 is 5.19. The van der Waals surface area contributed by atoms with Crippen molar-refractivity contribution in [1.82, 2.24) is 4.90 Å². The maximum absolute atomic E-state index is 12.3. The molecule has 94 valence electrons. The average molecular weight is 243 g/mol. The number of rotatable bonds is 5. The molecule has 1 atom stereocenters. The molecule has 1 aromatic carbocycles. The molecule has 2 rings (SSSR count). The van der Waals surface area contributed by atoms with Gasteiger partial charge in [-0.2, -0.15) is 0 Å². The summed E-state index contributed by atoms with van der Waals surface area (Å²) in [5.74, 6) is 0.443. The van der Waals surface area contributed by atoms with Gasteiger partial charge in [-0.05, 0) is 38.2 Å². The Kier molecular flexibility index (Phi) is 3.95. The summed E-state index contributed by atoms with van der Waals surface area (Å²) >= 11 is 0. The zero-order valence-corrected chi connectivity index (χ0v) is 10.7. The van der Waals surface area contributed by atoms with E-state index in [0.29, 0.717) is 12.2 Å². The minimum atomic E-state index is -0.196. The second-order valence-electron chi connectivity index (χ2n) is 4.51. The third-order valence-electron chi connectivity index (χ3n) is 2.96. The predicted molar refractivity (Wildman–Crippen MR) is 70.7 cm³/mol. The van der Waals surface area contributed by atoms with Crippen molar-refractivity contribution in [3.8, 4) is 0 Å². The van der Waals surface area contributed by atoms with Gasteiger partial charge in [-0.25, -0.2) is 0 Å². The van der Waals surface area contributed by atoms with Gasteiger partial charge in [-0.3, -0.25) is 9.69 Å². The lowest BCUT2D eigenvalue weighted by atomic mass is 10.0. The van der Waals surface area contributed by atoms with Crippen LogP contribution in [0, 0.1) is 0 Å². The molecule has 1 aromatic heterocycles. The standard InChI is InChI=1S/C15H17NO2/c1-16(2)13(11-12-7-4-3-5-8-12)15(17)14-9-6-10-18-14/h3-10,13H,11H2,1-2H3/t13-/m0/s1. The largest absolute Gasteiger partial charge is 0.461 e. The molecule has 0 saturated heterocycles. The van der Waals surface area contributed by atoms with Gasteiger partial charge in [-0.1, -0.05) is 30.3 Å². The van der Waals surface area contributed by atoms with E-state index in [1.165, 1.54) is 6.26 Å². The van der Waals surface area contributed by atoms with Gasteiger partial charge in [0, 0.05) is 0 Å². The van der Waals surface area contributed by atoms with E-state index in [-0.39, 0.29) is 11.8 Å². The first kappa shape index (κ1) is 12.6. The number of benzene rings is 1. The van der Waals surface area contributed by atoms with Crippen molar-refractivity contribution in [3.05, 3.63) is 60.1 Å². The summed E-state index contributed by atoms with van der Waals surface area (Å²) in [7, 11) is 3.82. The molecule has 0 aliphatic heterocycles. The van der Waals surface area contributed by atoms with Crippen LogP contribution in [0.5, 0.6) is 0 Å². The summed E-state index contributed by atoms with van der Waals surface area (Å²) in [4.78, 5) is 14.2. The quantitative estimate of drug-likeness (QED) is 0.757.